The molecular formula is C13H19ClN2O3S. The predicted octanol–water partition coefficient (Wildman–Crippen LogP) is 1.05. The third-order valence-electron chi connectivity index (χ3n) is 3.23. The molecule has 1 aromatic heterocycles. The molecule has 0 bridgehead atoms. The van der Waals surface area contributed by atoms with E-state index in [0.29, 0.717) is 26.2 Å². The van der Waals surface area contributed by atoms with Gasteiger partial charge in [0.05, 0.1) is 36.7 Å². The maximum Gasteiger partial charge on any atom is 0.236 e. The lowest BCUT2D eigenvalue weighted by Gasteiger charge is -2.32. The molecular weight excluding hydrogens is 300 g/mol. The molecule has 7 heteroatoms. The van der Waals surface area contributed by atoms with Crippen molar-refractivity contribution in [1.29, 1.82) is 0 Å². The lowest BCUT2D eigenvalue weighted by Crippen LogP contribution is -2.48. The average molecular weight is 319 g/mol. The van der Waals surface area contributed by atoms with Gasteiger partial charge in [-0.1, -0.05) is 11.6 Å². The number of nitrogens with zero attached hydrogens (tertiary/aromatic N) is 2. The van der Waals surface area contributed by atoms with Gasteiger partial charge in [0, 0.05) is 25.0 Å². The van der Waals surface area contributed by atoms with Crippen molar-refractivity contribution < 1.29 is 14.6 Å². The smallest absolute Gasteiger partial charge is 0.236 e. The van der Waals surface area contributed by atoms with Crippen LogP contribution in [0.4, 0.5) is 0 Å². The van der Waals surface area contributed by atoms with E-state index in [1.165, 1.54) is 11.3 Å². The van der Waals surface area contributed by atoms with E-state index in [4.69, 9.17) is 21.4 Å². The minimum absolute atomic E-state index is 0.00573. The largest absolute Gasteiger partial charge is 0.394 e. The first-order valence-electron chi connectivity index (χ1n) is 6.51. The minimum atomic E-state index is -0.182. The number of halogens is 1. The molecule has 1 unspecified atom stereocenters. The Morgan fingerprint density at radius 1 is 1.65 bits per heavy atom. The summed E-state index contributed by atoms with van der Waals surface area (Å²) in [4.78, 5) is 17.0. The van der Waals surface area contributed by atoms with Gasteiger partial charge in [0.15, 0.2) is 0 Å². The lowest BCUT2D eigenvalue weighted by atomic mass is 10.3. The van der Waals surface area contributed by atoms with Gasteiger partial charge in [-0.2, -0.15) is 0 Å². The van der Waals surface area contributed by atoms with E-state index in [-0.39, 0.29) is 18.6 Å². The second kappa shape index (κ2) is 7.38. The van der Waals surface area contributed by atoms with Gasteiger partial charge in [-0.05, 0) is 12.1 Å². The molecule has 1 N–H and O–H groups in total. The Morgan fingerprint density at radius 2 is 2.45 bits per heavy atom. The van der Waals surface area contributed by atoms with Crippen LogP contribution in [-0.2, 0) is 16.1 Å². The molecule has 0 aromatic carbocycles. The van der Waals surface area contributed by atoms with Crippen LogP contribution in [0, 0.1) is 0 Å². The van der Waals surface area contributed by atoms with Crippen molar-refractivity contribution in [1.82, 2.24) is 9.80 Å². The molecule has 0 aliphatic carbocycles. The Balaban J connectivity index is 1.81. The van der Waals surface area contributed by atoms with E-state index in [2.05, 4.69) is 0 Å². The number of aliphatic hydroxyl groups is 1. The lowest BCUT2D eigenvalue weighted by molar-refractivity contribution is -0.134. The number of carbonyl (C=O) groups is 1. The van der Waals surface area contributed by atoms with E-state index in [1.54, 1.807) is 11.9 Å². The first kappa shape index (κ1) is 15.7. The van der Waals surface area contributed by atoms with Crippen LogP contribution in [0.5, 0.6) is 0 Å². The normalized spacial score (nSPS) is 20.1. The molecule has 1 aliphatic rings. The second-order valence-corrected chi connectivity index (χ2v) is 6.67. The van der Waals surface area contributed by atoms with E-state index in [1.807, 2.05) is 17.0 Å². The van der Waals surface area contributed by atoms with Crippen LogP contribution in [0.3, 0.4) is 0 Å². The zero-order valence-electron chi connectivity index (χ0n) is 11.4. The first-order valence-corrected chi connectivity index (χ1v) is 7.71. The van der Waals surface area contributed by atoms with Gasteiger partial charge in [-0.25, -0.2) is 0 Å². The highest BCUT2D eigenvalue weighted by Gasteiger charge is 2.22. The number of likely N-dealkylation sites (N-methyl/N-ethyl adjacent to an activating group) is 1. The van der Waals surface area contributed by atoms with Crippen molar-refractivity contribution >= 4 is 28.8 Å². The number of aliphatic hydroxyl groups excluding tert-OH is 1. The fourth-order valence-corrected chi connectivity index (χ4v) is 3.25. The third-order valence-corrected chi connectivity index (χ3v) is 4.45. The summed E-state index contributed by atoms with van der Waals surface area (Å²) >= 11 is 7.37. The van der Waals surface area contributed by atoms with Gasteiger partial charge in [-0.15, -0.1) is 11.3 Å². The van der Waals surface area contributed by atoms with Crippen LogP contribution in [0.25, 0.3) is 0 Å². The Labute approximate surface area is 127 Å². The number of thiophene rings is 1. The summed E-state index contributed by atoms with van der Waals surface area (Å²) in [7, 11) is 1.79. The maximum absolute atomic E-state index is 12.2. The summed E-state index contributed by atoms with van der Waals surface area (Å²) in [5.74, 6) is 0.0631. The van der Waals surface area contributed by atoms with Crippen LogP contribution in [-0.4, -0.2) is 66.8 Å². The summed E-state index contributed by atoms with van der Waals surface area (Å²) in [5, 5.41) is 9.09. The minimum Gasteiger partial charge on any atom is -0.394 e. The highest BCUT2D eigenvalue weighted by atomic mass is 35.5. The summed E-state index contributed by atoms with van der Waals surface area (Å²) in [6, 6.07) is 3.78. The molecule has 2 heterocycles. The van der Waals surface area contributed by atoms with Crippen molar-refractivity contribution in [2.75, 3.05) is 39.9 Å². The number of rotatable bonds is 5. The standard InChI is InChI=1S/C13H19ClN2O3S/c1-15(7-11-2-3-12(14)20-11)13(18)8-16-4-5-19-10(6-16)9-17/h2-3,10,17H,4-9H2,1H3. The van der Waals surface area contributed by atoms with Gasteiger partial charge in [0.1, 0.15) is 0 Å². The third kappa shape index (κ3) is 4.43. The fraction of sp³-hybridized carbons (Fsp3) is 0.615. The monoisotopic (exact) mass is 318 g/mol. The second-order valence-electron chi connectivity index (χ2n) is 4.87. The SMILES string of the molecule is CN(Cc1ccc(Cl)s1)C(=O)CN1CCOC(CO)C1. The Hall–Kier alpha value is -0.660. The Bertz CT molecular complexity index is 455. The number of hydrogen-bond acceptors (Lipinski definition) is 5. The number of ether oxygens (including phenoxy) is 1. The number of amides is 1. The molecule has 0 radical (unpaired) electrons. The maximum atomic E-state index is 12.2. The van der Waals surface area contributed by atoms with E-state index in [0.717, 1.165) is 15.8 Å². The van der Waals surface area contributed by atoms with Crippen LogP contribution >= 0.6 is 22.9 Å². The highest BCUT2D eigenvalue weighted by Crippen LogP contribution is 2.22. The summed E-state index contributed by atoms with van der Waals surface area (Å²) in [6.07, 6.45) is -0.182. The highest BCUT2D eigenvalue weighted by molar-refractivity contribution is 7.16. The molecule has 1 saturated heterocycles. The molecule has 5 nitrogen and oxygen atoms in total. The molecule has 0 saturated carbocycles. The first-order chi connectivity index (χ1) is 9.58. The van der Waals surface area contributed by atoms with Gasteiger partial charge >= 0.3 is 0 Å². The Kier molecular flexibility index (Phi) is 5.80. The average Bonchev–Trinajstić information content (AvgIpc) is 2.84. The molecule has 1 fully saturated rings. The van der Waals surface area contributed by atoms with Crippen molar-refractivity contribution in [2.45, 2.75) is 12.6 Å². The van der Waals surface area contributed by atoms with Gasteiger partial charge < -0.3 is 14.7 Å². The molecule has 1 amide bonds. The summed E-state index contributed by atoms with van der Waals surface area (Å²) in [5.41, 5.74) is 0. The van der Waals surface area contributed by atoms with Crippen LogP contribution < -0.4 is 0 Å². The number of carbonyl (C=O) groups excluding carboxylic acids is 1. The van der Waals surface area contributed by atoms with Crippen molar-refractivity contribution in [3.8, 4) is 0 Å². The van der Waals surface area contributed by atoms with Gasteiger partial charge in [0.2, 0.25) is 5.91 Å². The summed E-state index contributed by atoms with van der Waals surface area (Å²) < 4.78 is 6.10. The number of hydrogen-bond donors (Lipinski definition) is 1. The van der Waals surface area contributed by atoms with E-state index >= 15 is 0 Å². The summed E-state index contributed by atoms with van der Waals surface area (Å²) in [6.45, 7) is 2.80. The molecule has 1 aromatic rings. The zero-order valence-corrected chi connectivity index (χ0v) is 13.0. The van der Waals surface area contributed by atoms with Gasteiger partial charge in [-0.3, -0.25) is 9.69 Å². The molecule has 20 heavy (non-hydrogen) atoms. The van der Waals surface area contributed by atoms with Crippen molar-refractivity contribution in [3.05, 3.63) is 21.3 Å². The van der Waals surface area contributed by atoms with Crippen LogP contribution in [0.15, 0.2) is 12.1 Å². The molecule has 2 rings (SSSR count). The molecule has 1 aliphatic heterocycles. The van der Waals surface area contributed by atoms with Crippen molar-refractivity contribution in [3.63, 3.8) is 0 Å². The Morgan fingerprint density at radius 3 is 3.10 bits per heavy atom. The van der Waals surface area contributed by atoms with Crippen LogP contribution in [0.1, 0.15) is 4.88 Å². The zero-order chi connectivity index (χ0) is 14.5. The van der Waals surface area contributed by atoms with Crippen LogP contribution in [0.2, 0.25) is 4.34 Å². The molecule has 1 atom stereocenters. The molecule has 112 valence electrons. The fourth-order valence-electron chi connectivity index (χ4n) is 2.11. The number of morpholine rings is 1. The van der Waals surface area contributed by atoms with E-state index < -0.39 is 0 Å². The quantitative estimate of drug-likeness (QED) is 0.882. The van der Waals surface area contributed by atoms with E-state index in [9.17, 15) is 4.79 Å². The van der Waals surface area contributed by atoms with Gasteiger partial charge in [0.25, 0.3) is 0 Å². The van der Waals surface area contributed by atoms with Crippen molar-refractivity contribution in [2.24, 2.45) is 0 Å². The molecule has 0 spiro atoms. The predicted molar refractivity (Wildman–Crippen MR) is 79.1 cm³/mol. The topological polar surface area (TPSA) is 53.0 Å².